The van der Waals surface area contributed by atoms with Crippen LogP contribution >= 0.6 is 0 Å². The Morgan fingerprint density at radius 3 is 2.50 bits per heavy atom. The van der Waals surface area contributed by atoms with Crippen molar-refractivity contribution >= 4 is 29.3 Å². The van der Waals surface area contributed by atoms with Gasteiger partial charge in [0.2, 0.25) is 11.8 Å². The number of benzene rings is 3. The SMILES string of the molecule is O=C1CCC(N2Cc3c(NC(=O)c4ccc(-c5ccccc5)cc4F)cccc3C2=O)C(=O)N1. The van der Waals surface area contributed by atoms with Gasteiger partial charge in [-0.15, -0.1) is 0 Å². The molecule has 0 bridgehead atoms. The van der Waals surface area contributed by atoms with Crippen LogP contribution in [0.15, 0.2) is 66.7 Å². The van der Waals surface area contributed by atoms with Crippen molar-refractivity contribution in [2.45, 2.75) is 25.4 Å². The number of rotatable bonds is 4. The van der Waals surface area contributed by atoms with Crippen LogP contribution in [0.2, 0.25) is 0 Å². The minimum atomic E-state index is -0.760. The van der Waals surface area contributed by atoms with E-state index in [-0.39, 0.29) is 36.8 Å². The first-order chi connectivity index (χ1) is 16.4. The average Bonchev–Trinajstić information content (AvgIpc) is 3.17. The zero-order chi connectivity index (χ0) is 23.8. The summed E-state index contributed by atoms with van der Waals surface area (Å²) in [4.78, 5) is 51.0. The standard InChI is InChI=1S/C26H20FN3O4/c27-20-13-16(15-5-2-1-3-6-15)9-10-18(20)24(32)28-21-8-4-7-17-19(21)14-30(26(17)34)22-11-12-23(31)29-25(22)33/h1-10,13,22H,11-12,14H2,(H,28,32)(H,29,31,33). The van der Waals surface area contributed by atoms with E-state index in [4.69, 9.17) is 0 Å². The molecule has 5 rings (SSSR count). The first kappa shape index (κ1) is 21.5. The molecule has 7 nitrogen and oxygen atoms in total. The summed E-state index contributed by atoms with van der Waals surface area (Å²) in [6.45, 7) is 0.103. The summed E-state index contributed by atoms with van der Waals surface area (Å²) in [6, 6.07) is 17.8. The van der Waals surface area contributed by atoms with Crippen LogP contribution < -0.4 is 10.6 Å². The highest BCUT2D eigenvalue weighted by Gasteiger charge is 2.40. The molecule has 2 heterocycles. The van der Waals surface area contributed by atoms with Crippen molar-refractivity contribution in [3.8, 4) is 11.1 Å². The third-order valence-corrected chi connectivity index (χ3v) is 6.15. The zero-order valence-electron chi connectivity index (χ0n) is 18.0. The van der Waals surface area contributed by atoms with Gasteiger partial charge in [-0.2, -0.15) is 0 Å². The fraction of sp³-hybridized carbons (Fsp3) is 0.154. The molecule has 1 unspecified atom stereocenters. The summed E-state index contributed by atoms with van der Waals surface area (Å²) < 4.78 is 14.8. The molecule has 3 aromatic carbocycles. The number of carbonyl (C=O) groups excluding carboxylic acids is 4. The first-order valence-electron chi connectivity index (χ1n) is 10.9. The molecule has 170 valence electrons. The predicted molar refractivity (Wildman–Crippen MR) is 122 cm³/mol. The van der Waals surface area contributed by atoms with Gasteiger partial charge in [0.05, 0.1) is 5.56 Å². The van der Waals surface area contributed by atoms with Gasteiger partial charge in [-0.1, -0.05) is 42.5 Å². The van der Waals surface area contributed by atoms with Gasteiger partial charge in [0.25, 0.3) is 11.8 Å². The number of fused-ring (bicyclic) bond motifs is 1. The summed E-state index contributed by atoms with van der Waals surface area (Å²) in [7, 11) is 0. The van der Waals surface area contributed by atoms with Crippen molar-refractivity contribution < 1.29 is 23.6 Å². The van der Waals surface area contributed by atoms with Crippen molar-refractivity contribution in [3.05, 3.63) is 89.2 Å². The lowest BCUT2D eigenvalue weighted by molar-refractivity contribution is -0.136. The third-order valence-electron chi connectivity index (χ3n) is 6.15. The number of amides is 4. The molecule has 4 amide bonds. The molecule has 1 atom stereocenters. The topological polar surface area (TPSA) is 95.6 Å². The van der Waals surface area contributed by atoms with Crippen LogP contribution in [0.5, 0.6) is 0 Å². The molecule has 0 saturated carbocycles. The minimum Gasteiger partial charge on any atom is -0.322 e. The number of piperidine rings is 1. The van der Waals surface area contributed by atoms with E-state index in [1.54, 1.807) is 24.3 Å². The van der Waals surface area contributed by atoms with E-state index in [1.807, 2.05) is 30.3 Å². The molecule has 3 aromatic rings. The van der Waals surface area contributed by atoms with Crippen molar-refractivity contribution in [2.24, 2.45) is 0 Å². The molecule has 2 aliphatic rings. The van der Waals surface area contributed by atoms with E-state index in [1.165, 1.54) is 17.0 Å². The van der Waals surface area contributed by atoms with Crippen molar-refractivity contribution in [1.29, 1.82) is 0 Å². The molecule has 2 N–H and O–H groups in total. The molecule has 1 fully saturated rings. The van der Waals surface area contributed by atoms with Crippen LogP contribution in [-0.2, 0) is 16.1 Å². The van der Waals surface area contributed by atoms with Gasteiger partial charge in [0.1, 0.15) is 11.9 Å². The molecule has 8 heteroatoms. The largest absolute Gasteiger partial charge is 0.322 e. The first-order valence-corrected chi connectivity index (χ1v) is 10.9. The Bertz CT molecular complexity index is 1340. The highest BCUT2D eigenvalue weighted by atomic mass is 19.1. The van der Waals surface area contributed by atoms with E-state index in [9.17, 15) is 23.6 Å². The normalized spacial score (nSPS) is 17.4. The summed E-state index contributed by atoms with van der Waals surface area (Å²) in [5, 5.41) is 4.97. The van der Waals surface area contributed by atoms with Gasteiger partial charge in [0, 0.05) is 29.8 Å². The third kappa shape index (κ3) is 3.83. The van der Waals surface area contributed by atoms with Crippen LogP contribution in [0, 0.1) is 5.82 Å². The van der Waals surface area contributed by atoms with E-state index < -0.39 is 23.7 Å². The molecule has 1 saturated heterocycles. The van der Waals surface area contributed by atoms with E-state index in [2.05, 4.69) is 10.6 Å². The van der Waals surface area contributed by atoms with Crippen molar-refractivity contribution in [2.75, 3.05) is 5.32 Å². The van der Waals surface area contributed by atoms with Crippen molar-refractivity contribution in [3.63, 3.8) is 0 Å². The lowest BCUT2D eigenvalue weighted by atomic mass is 10.0. The predicted octanol–water partition coefficient (Wildman–Crippen LogP) is 3.51. The Labute approximate surface area is 194 Å². The average molecular weight is 457 g/mol. The van der Waals surface area contributed by atoms with Crippen LogP contribution in [0.1, 0.15) is 39.1 Å². The second kappa shape index (κ2) is 8.55. The van der Waals surface area contributed by atoms with Gasteiger partial charge in [-0.05, 0) is 41.8 Å². The van der Waals surface area contributed by atoms with Gasteiger partial charge in [-0.25, -0.2) is 4.39 Å². The number of nitrogens with zero attached hydrogens (tertiary/aromatic N) is 1. The molecular formula is C26H20FN3O4. The number of halogens is 1. The number of nitrogens with one attached hydrogen (secondary N) is 2. The maximum absolute atomic E-state index is 14.8. The van der Waals surface area contributed by atoms with E-state index in [0.29, 0.717) is 22.4 Å². The Balaban J connectivity index is 1.37. The zero-order valence-corrected chi connectivity index (χ0v) is 18.0. The Kier molecular flexibility index (Phi) is 5.41. The summed E-state index contributed by atoms with van der Waals surface area (Å²) in [6.07, 6.45) is 0.392. The van der Waals surface area contributed by atoms with E-state index in [0.717, 1.165) is 5.56 Å². The summed E-state index contributed by atoms with van der Waals surface area (Å²) in [5.41, 5.74) is 2.65. The summed E-state index contributed by atoms with van der Waals surface area (Å²) in [5.74, 6) is -2.52. The van der Waals surface area contributed by atoms with Gasteiger partial charge >= 0.3 is 0 Å². The van der Waals surface area contributed by atoms with Crippen molar-refractivity contribution in [1.82, 2.24) is 10.2 Å². The molecular weight excluding hydrogens is 437 g/mol. The number of anilines is 1. The Morgan fingerprint density at radius 2 is 1.76 bits per heavy atom. The monoisotopic (exact) mass is 457 g/mol. The maximum Gasteiger partial charge on any atom is 0.258 e. The highest BCUT2D eigenvalue weighted by Crippen LogP contribution is 2.33. The van der Waals surface area contributed by atoms with Gasteiger partial charge in [-0.3, -0.25) is 24.5 Å². The smallest absolute Gasteiger partial charge is 0.258 e. The second-order valence-corrected chi connectivity index (χ2v) is 8.25. The minimum absolute atomic E-state index is 0.103. The Hall–Kier alpha value is -4.33. The molecule has 0 spiro atoms. The fourth-order valence-corrected chi connectivity index (χ4v) is 4.40. The fourth-order valence-electron chi connectivity index (χ4n) is 4.40. The van der Waals surface area contributed by atoms with Crippen LogP contribution in [0.3, 0.4) is 0 Å². The lowest BCUT2D eigenvalue weighted by Crippen LogP contribution is -2.52. The molecule has 0 radical (unpaired) electrons. The van der Waals surface area contributed by atoms with Crippen LogP contribution in [0.25, 0.3) is 11.1 Å². The number of hydrogen-bond donors (Lipinski definition) is 2. The lowest BCUT2D eigenvalue weighted by Gasteiger charge is -2.29. The highest BCUT2D eigenvalue weighted by molar-refractivity contribution is 6.09. The van der Waals surface area contributed by atoms with Gasteiger partial charge < -0.3 is 10.2 Å². The Morgan fingerprint density at radius 1 is 0.971 bits per heavy atom. The summed E-state index contributed by atoms with van der Waals surface area (Å²) >= 11 is 0. The van der Waals surface area contributed by atoms with Crippen LogP contribution in [0.4, 0.5) is 10.1 Å². The van der Waals surface area contributed by atoms with E-state index >= 15 is 0 Å². The number of hydrogen-bond acceptors (Lipinski definition) is 4. The maximum atomic E-state index is 14.8. The van der Waals surface area contributed by atoms with Gasteiger partial charge in [0.15, 0.2) is 0 Å². The molecule has 0 aromatic heterocycles. The number of imide groups is 1. The number of carbonyl (C=O) groups is 4. The quantitative estimate of drug-likeness (QED) is 0.586. The van der Waals surface area contributed by atoms with Crippen LogP contribution in [-0.4, -0.2) is 34.6 Å². The molecule has 0 aliphatic carbocycles. The second-order valence-electron chi connectivity index (χ2n) is 8.25. The molecule has 2 aliphatic heterocycles. The molecule has 34 heavy (non-hydrogen) atoms.